The zero-order chi connectivity index (χ0) is 11.4. The summed E-state index contributed by atoms with van der Waals surface area (Å²) in [6.45, 7) is 0.523. The number of rotatable bonds is 4. The van der Waals surface area contributed by atoms with Crippen molar-refractivity contribution in [3.05, 3.63) is 36.4 Å². The van der Waals surface area contributed by atoms with Gasteiger partial charge in [0.15, 0.2) is 11.5 Å². The standard InChI is InChI=1S/C13H13ClO2/c14-8-3-9-16-12-7-6-10-4-1-2-5-11(10)13(12)15/h1-2,4-7,15H,3,8-9H2. The van der Waals surface area contributed by atoms with Gasteiger partial charge in [0.25, 0.3) is 0 Å². The zero-order valence-electron chi connectivity index (χ0n) is 8.82. The summed E-state index contributed by atoms with van der Waals surface area (Å²) in [5, 5.41) is 11.8. The third kappa shape index (κ3) is 2.22. The lowest BCUT2D eigenvalue weighted by Gasteiger charge is -2.09. The third-order valence-corrected chi connectivity index (χ3v) is 2.67. The van der Waals surface area contributed by atoms with Crippen LogP contribution in [-0.4, -0.2) is 17.6 Å². The summed E-state index contributed by atoms with van der Waals surface area (Å²) >= 11 is 5.56. The predicted molar refractivity (Wildman–Crippen MR) is 66.4 cm³/mol. The first-order valence-corrected chi connectivity index (χ1v) is 5.76. The van der Waals surface area contributed by atoms with Crippen LogP contribution in [0.1, 0.15) is 6.42 Å². The van der Waals surface area contributed by atoms with Crippen molar-refractivity contribution in [2.45, 2.75) is 6.42 Å². The van der Waals surface area contributed by atoms with E-state index < -0.39 is 0 Å². The van der Waals surface area contributed by atoms with E-state index in [0.29, 0.717) is 18.2 Å². The molecule has 0 amide bonds. The van der Waals surface area contributed by atoms with E-state index in [2.05, 4.69) is 0 Å². The largest absolute Gasteiger partial charge is 0.504 e. The van der Waals surface area contributed by atoms with E-state index in [1.165, 1.54) is 0 Å². The smallest absolute Gasteiger partial charge is 0.165 e. The number of hydrogen-bond acceptors (Lipinski definition) is 2. The molecule has 0 bridgehead atoms. The van der Waals surface area contributed by atoms with Crippen LogP contribution in [0.25, 0.3) is 10.8 Å². The molecule has 0 aliphatic heterocycles. The van der Waals surface area contributed by atoms with Crippen LogP contribution in [-0.2, 0) is 0 Å². The molecule has 0 unspecified atom stereocenters. The van der Waals surface area contributed by atoms with Crippen molar-refractivity contribution < 1.29 is 9.84 Å². The van der Waals surface area contributed by atoms with E-state index in [9.17, 15) is 5.11 Å². The summed E-state index contributed by atoms with van der Waals surface area (Å²) in [5.41, 5.74) is 0. The van der Waals surface area contributed by atoms with Gasteiger partial charge in [0, 0.05) is 11.3 Å². The number of phenols is 1. The maximum absolute atomic E-state index is 9.99. The summed E-state index contributed by atoms with van der Waals surface area (Å²) < 4.78 is 5.45. The second-order valence-corrected chi connectivity index (χ2v) is 3.90. The van der Waals surface area contributed by atoms with Crippen LogP contribution in [0.15, 0.2) is 36.4 Å². The van der Waals surface area contributed by atoms with Gasteiger partial charge >= 0.3 is 0 Å². The zero-order valence-corrected chi connectivity index (χ0v) is 9.57. The Morgan fingerprint density at radius 3 is 2.75 bits per heavy atom. The number of benzene rings is 2. The van der Waals surface area contributed by atoms with Crippen LogP contribution in [0.4, 0.5) is 0 Å². The fraction of sp³-hybridized carbons (Fsp3) is 0.231. The number of ether oxygens (including phenoxy) is 1. The molecule has 2 rings (SSSR count). The van der Waals surface area contributed by atoms with Gasteiger partial charge in [0.1, 0.15) is 0 Å². The van der Waals surface area contributed by atoms with Gasteiger partial charge in [-0.3, -0.25) is 0 Å². The maximum atomic E-state index is 9.99. The topological polar surface area (TPSA) is 29.5 Å². The quantitative estimate of drug-likeness (QED) is 0.650. The van der Waals surface area contributed by atoms with E-state index in [-0.39, 0.29) is 5.75 Å². The lowest BCUT2D eigenvalue weighted by molar-refractivity contribution is 0.301. The molecule has 0 saturated carbocycles. The fourth-order valence-corrected chi connectivity index (χ4v) is 1.70. The molecule has 0 atom stereocenters. The number of halogens is 1. The molecule has 3 heteroatoms. The summed E-state index contributed by atoms with van der Waals surface area (Å²) in [7, 11) is 0. The Hall–Kier alpha value is -1.41. The fourth-order valence-electron chi connectivity index (χ4n) is 1.59. The first-order valence-electron chi connectivity index (χ1n) is 5.22. The molecular formula is C13H13ClO2. The van der Waals surface area contributed by atoms with Gasteiger partial charge in [-0.1, -0.05) is 30.3 Å². The molecule has 0 saturated heterocycles. The Morgan fingerprint density at radius 1 is 1.12 bits per heavy atom. The van der Waals surface area contributed by atoms with Gasteiger partial charge < -0.3 is 9.84 Å². The van der Waals surface area contributed by atoms with Gasteiger partial charge in [-0.05, 0) is 17.9 Å². The minimum Gasteiger partial charge on any atom is -0.504 e. The molecule has 84 valence electrons. The molecular weight excluding hydrogens is 224 g/mol. The van der Waals surface area contributed by atoms with Gasteiger partial charge in [-0.2, -0.15) is 0 Å². The van der Waals surface area contributed by atoms with Gasteiger partial charge in [0.2, 0.25) is 0 Å². The lowest BCUT2D eigenvalue weighted by Crippen LogP contribution is -1.98. The van der Waals surface area contributed by atoms with Crippen LogP contribution in [0, 0.1) is 0 Å². The minimum atomic E-state index is 0.202. The number of aromatic hydroxyl groups is 1. The number of phenolic OH excluding ortho intramolecular Hbond substituents is 1. The second-order valence-electron chi connectivity index (χ2n) is 3.52. The summed E-state index contributed by atoms with van der Waals surface area (Å²) in [5.74, 6) is 1.28. The van der Waals surface area contributed by atoms with Gasteiger partial charge in [-0.25, -0.2) is 0 Å². The number of hydrogen-bond donors (Lipinski definition) is 1. The van der Waals surface area contributed by atoms with Crippen molar-refractivity contribution in [3.8, 4) is 11.5 Å². The highest BCUT2D eigenvalue weighted by molar-refractivity contribution is 6.17. The Kier molecular flexibility index (Phi) is 3.52. The molecule has 2 aromatic rings. The van der Waals surface area contributed by atoms with Crippen LogP contribution >= 0.6 is 11.6 Å². The van der Waals surface area contributed by atoms with E-state index in [1.807, 2.05) is 30.3 Å². The molecule has 0 fully saturated rings. The molecule has 0 radical (unpaired) electrons. The van der Waals surface area contributed by atoms with Crippen molar-refractivity contribution >= 4 is 22.4 Å². The first-order chi connectivity index (χ1) is 7.83. The lowest BCUT2D eigenvalue weighted by atomic mass is 10.1. The second kappa shape index (κ2) is 5.08. The normalized spacial score (nSPS) is 10.6. The van der Waals surface area contributed by atoms with E-state index in [4.69, 9.17) is 16.3 Å². The highest BCUT2D eigenvalue weighted by Gasteiger charge is 2.06. The van der Waals surface area contributed by atoms with Gasteiger partial charge in [0.05, 0.1) is 6.61 Å². The molecule has 0 aliphatic rings. The Morgan fingerprint density at radius 2 is 1.94 bits per heavy atom. The highest BCUT2D eigenvalue weighted by Crippen LogP contribution is 2.34. The van der Waals surface area contributed by atoms with Crippen LogP contribution in [0.5, 0.6) is 11.5 Å². The third-order valence-electron chi connectivity index (χ3n) is 2.40. The Balaban J connectivity index is 2.29. The van der Waals surface area contributed by atoms with Crippen molar-refractivity contribution in [2.24, 2.45) is 0 Å². The number of fused-ring (bicyclic) bond motifs is 1. The summed E-state index contributed by atoms with van der Waals surface area (Å²) in [4.78, 5) is 0. The molecule has 0 aliphatic carbocycles. The van der Waals surface area contributed by atoms with E-state index >= 15 is 0 Å². The van der Waals surface area contributed by atoms with Crippen LogP contribution < -0.4 is 4.74 Å². The molecule has 16 heavy (non-hydrogen) atoms. The van der Waals surface area contributed by atoms with E-state index in [0.717, 1.165) is 17.2 Å². The molecule has 0 heterocycles. The SMILES string of the molecule is Oc1c(OCCCCl)ccc2ccccc12. The molecule has 0 spiro atoms. The number of alkyl halides is 1. The maximum Gasteiger partial charge on any atom is 0.165 e. The van der Waals surface area contributed by atoms with E-state index in [1.54, 1.807) is 6.07 Å². The van der Waals surface area contributed by atoms with Crippen molar-refractivity contribution in [2.75, 3.05) is 12.5 Å². The molecule has 0 aromatic heterocycles. The average molecular weight is 237 g/mol. The Bertz CT molecular complexity index is 482. The Labute approximate surface area is 99.4 Å². The highest BCUT2D eigenvalue weighted by atomic mass is 35.5. The van der Waals surface area contributed by atoms with Crippen molar-refractivity contribution in [1.29, 1.82) is 0 Å². The summed E-state index contributed by atoms with van der Waals surface area (Å²) in [6, 6.07) is 11.4. The molecule has 1 N–H and O–H groups in total. The molecule has 2 aromatic carbocycles. The first kappa shape index (κ1) is 11.1. The molecule has 2 nitrogen and oxygen atoms in total. The predicted octanol–water partition coefficient (Wildman–Crippen LogP) is 3.55. The summed E-state index contributed by atoms with van der Waals surface area (Å²) in [6.07, 6.45) is 0.772. The van der Waals surface area contributed by atoms with Crippen molar-refractivity contribution in [3.63, 3.8) is 0 Å². The minimum absolute atomic E-state index is 0.202. The van der Waals surface area contributed by atoms with Crippen LogP contribution in [0.3, 0.4) is 0 Å². The van der Waals surface area contributed by atoms with Crippen molar-refractivity contribution in [1.82, 2.24) is 0 Å². The van der Waals surface area contributed by atoms with Crippen LogP contribution in [0.2, 0.25) is 0 Å². The van der Waals surface area contributed by atoms with Gasteiger partial charge in [-0.15, -0.1) is 11.6 Å². The average Bonchev–Trinajstić information content (AvgIpc) is 2.33. The monoisotopic (exact) mass is 236 g/mol.